The SMILES string of the molecule is ClCCC1CCCc2c1cnn2-c1ccc(Cl)c(Cl)c1.OCCC1CCCc2c1cnn2-c1ccc(Cl)c(Cl)c1. The molecule has 2 unspecified atom stereocenters. The molecule has 10 heteroatoms. The predicted octanol–water partition coefficient (Wildman–Crippen LogP) is 9.21. The van der Waals surface area contributed by atoms with Gasteiger partial charge in [0.1, 0.15) is 0 Å². The summed E-state index contributed by atoms with van der Waals surface area (Å²) in [7, 11) is 0. The first kappa shape index (κ1) is 29.8. The molecule has 1 N–H and O–H groups in total. The van der Waals surface area contributed by atoms with Crippen LogP contribution in [0.3, 0.4) is 0 Å². The number of fused-ring (bicyclic) bond motifs is 2. The number of aliphatic hydroxyl groups excluding tert-OH is 1. The number of hydrogen-bond acceptors (Lipinski definition) is 3. The Hall–Kier alpha value is -1.73. The van der Waals surface area contributed by atoms with E-state index in [0.717, 1.165) is 49.9 Å². The molecule has 0 saturated heterocycles. The van der Waals surface area contributed by atoms with Crippen molar-refractivity contribution in [3.63, 3.8) is 0 Å². The first-order chi connectivity index (χ1) is 19.4. The highest BCUT2D eigenvalue weighted by molar-refractivity contribution is 6.42. The first-order valence-electron chi connectivity index (χ1n) is 13.6. The Labute approximate surface area is 260 Å². The molecular weight excluding hydrogens is 610 g/mol. The number of halogens is 5. The zero-order valence-corrected chi connectivity index (χ0v) is 25.8. The van der Waals surface area contributed by atoms with Crippen molar-refractivity contribution in [2.24, 2.45) is 0 Å². The number of rotatable bonds is 6. The van der Waals surface area contributed by atoms with Gasteiger partial charge >= 0.3 is 0 Å². The summed E-state index contributed by atoms with van der Waals surface area (Å²) >= 11 is 30.0. The highest BCUT2D eigenvalue weighted by Gasteiger charge is 2.25. The molecule has 40 heavy (non-hydrogen) atoms. The summed E-state index contributed by atoms with van der Waals surface area (Å²) in [5, 5.41) is 20.4. The standard InChI is InChI=1S/C15H15Cl3N2.C15H16Cl2N2O/c16-7-6-10-2-1-3-15-12(10)9-19-20(15)11-4-5-13(17)14(18)8-11;16-13-5-4-11(8-14(13)17)19-15-3-1-2-10(6-7-20)12(15)9-18-19/h4-5,8-10H,1-3,6-7H2;4-5,8-10,20H,1-3,6-7H2. The minimum absolute atomic E-state index is 0.224. The quantitative estimate of drug-likeness (QED) is 0.214. The zero-order chi connectivity index (χ0) is 28.2. The van der Waals surface area contributed by atoms with Crippen LogP contribution >= 0.6 is 58.0 Å². The van der Waals surface area contributed by atoms with Gasteiger partial charge in [-0.15, -0.1) is 11.6 Å². The molecule has 212 valence electrons. The fraction of sp³-hybridized carbons (Fsp3) is 0.400. The Kier molecular flexibility index (Phi) is 10.0. The molecule has 6 rings (SSSR count). The molecule has 2 aromatic heterocycles. The molecule has 0 fully saturated rings. The Morgan fingerprint density at radius 2 is 1.18 bits per heavy atom. The number of hydrogen-bond donors (Lipinski definition) is 1. The minimum atomic E-state index is 0.224. The van der Waals surface area contributed by atoms with E-state index in [9.17, 15) is 5.11 Å². The lowest BCUT2D eigenvalue weighted by molar-refractivity contribution is 0.269. The summed E-state index contributed by atoms with van der Waals surface area (Å²) in [6, 6.07) is 11.2. The van der Waals surface area contributed by atoms with Gasteiger partial charge in [-0.1, -0.05) is 46.4 Å². The van der Waals surface area contributed by atoms with E-state index in [4.69, 9.17) is 58.0 Å². The van der Waals surface area contributed by atoms with Crippen molar-refractivity contribution >= 4 is 58.0 Å². The van der Waals surface area contributed by atoms with Crippen LogP contribution in [0.4, 0.5) is 0 Å². The summed E-state index contributed by atoms with van der Waals surface area (Å²) < 4.78 is 3.93. The topological polar surface area (TPSA) is 55.9 Å². The third-order valence-corrected chi connectivity index (χ3v) is 9.54. The number of aliphatic hydroxyl groups is 1. The summed E-state index contributed by atoms with van der Waals surface area (Å²) in [4.78, 5) is 0. The van der Waals surface area contributed by atoms with Crippen LogP contribution in [0.25, 0.3) is 11.4 Å². The van der Waals surface area contributed by atoms with Gasteiger partial charge in [0.2, 0.25) is 0 Å². The highest BCUT2D eigenvalue weighted by Crippen LogP contribution is 2.37. The van der Waals surface area contributed by atoms with E-state index in [0.29, 0.717) is 37.8 Å². The van der Waals surface area contributed by atoms with Gasteiger partial charge in [0.05, 0.1) is 43.9 Å². The van der Waals surface area contributed by atoms with E-state index in [2.05, 4.69) is 10.2 Å². The van der Waals surface area contributed by atoms with E-state index in [-0.39, 0.29) is 6.61 Å². The predicted molar refractivity (Wildman–Crippen MR) is 166 cm³/mol. The third kappa shape index (κ3) is 6.35. The second-order valence-electron chi connectivity index (χ2n) is 10.3. The van der Waals surface area contributed by atoms with Crippen LogP contribution < -0.4 is 0 Å². The highest BCUT2D eigenvalue weighted by atomic mass is 35.5. The van der Waals surface area contributed by atoms with Crippen LogP contribution in [0.1, 0.15) is 72.9 Å². The van der Waals surface area contributed by atoms with Crippen molar-refractivity contribution in [2.75, 3.05) is 12.5 Å². The normalized spacial score (nSPS) is 18.1. The van der Waals surface area contributed by atoms with Gasteiger partial charge in [0.15, 0.2) is 0 Å². The molecule has 0 radical (unpaired) electrons. The average molecular weight is 641 g/mol. The maximum atomic E-state index is 9.18. The van der Waals surface area contributed by atoms with Crippen LogP contribution in [0, 0.1) is 0 Å². The van der Waals surface area contributed by atoms with Crippen molar-refractivity contribution < 1.29 is 5.11 Å². The molecule has 4 aromatic rings. The number of benzene rings is 2. The smallest absolute Gasteiger partial charge is 0.0664 e. The van der Waals surface area contributed by atoms with Gasteiger partial charge in [0.25, 0.3) is 0 Å². The van der Waals surface area contributed by atoms with Crippen LogP contribution in [0.15, 0.2) is 48.8 Å². The Morgan fingerprint density at radius 1 is 0.700 bits per heavy atom. The Morgan fingerprint density at radius 3 is 1.60 bits per heavy atom. The zero-order valence-electron chi connectivity index (χ0n) is 22.0. The average Bonchev–Trinajstić information content (AvgIpc) is 3.59. The number of nitrogens with zero attached hydrogens (tertiary/aromatic N) is 4. The molecule has 0 amide bonds. The number of aromatic nitrogens is 4. The van der Waals surface area contributed by atoms with Gasteiger partial charge in [0, 0.05) is 23.9 Å². The third-order valence-electron chi connectivity index (χ3n) is 7.84. The molecule has 5 nitrogen and oxygen atoms in total. The molecule has 0 bridgehead atoms. The Bertz CT molecular complexity index is 1360. The molecular formula is C30H31Cl5N4O. The largest absolute Gasteiger partial charge is 0.396 e. The summed E-state index contributed by atoms with van der Waals surface area (Å²) in [6.45, 7) is 0.224. The lowest BCUT2D eigenvalue weighted by Gasteiger charge is -2.22. The second-order valence-corrected chi connectivity index (χ2v) is 12.3. The molecule has 0 saturated carbocycles. The fourth-order valence-corrected chi connectivity index (χ4v) is 6.71. The van der Waals surface area contributed by atoms with E-state index >= 15 is 0 Å². The molecule has 2 aliphatic rings. The molecule has 2 aliphatic carbocycles. The van der Waals surface area contributed by atoms with Crippen molar-refractivity contribution in [3.8, 4) is 11.4 Å². The fourth-order valence-electron chi connectivity index (χ4n) is 5.86. The van der Waals surface area contributed by atoms with Gasteiger partial charge < -0.3 is 5.11 Å². The Balaban J connectivity index is 0.000000161. The van der Waals surface area contributed by atoms with Crippen molar-refractivity contribution in [1.82, 2.24) is 19.6 Å². The molecule has 2 heterocycles. The monoisotopic (exact) mass is 638 g/mol. The second kappa shape index (κ2) is 13.5. The first-order valence-corrected chi connectivity index (χ1v) is 15.7. The van der Waals surface area contributed by atoms with Crippen LogP contribution in [0.5, 0.6) is 0 Å². The van der Waals surface area contributed by atoms with Crippen molar-refractivity contribution in [1.29, 1.82) is 0 Å². The van der Waals surface area contributed by atoms with Crippen molar-refractivity contribution in [3.05, 3.63) is 91.4 Å². The molecule has 2 atom stereocenters. The van der Waals surface area contributed by atoms with E-state index in [1.165, 1.54) is 35.4 Å². The van der Waals surface area contributed by atoms with Gasteiger partial charge in [-0.25, -0.2) is 9.36 Å². The van der Waals surface area contributed by atoms with Crippen molar-refractivity contribution in [2.45, 2.75) is 63.2 Å². The van der Waals surface area contributed by atoms with Crippen LogP contribution in [-0.2, 0) is 12.8 Å². The maximum absolute atomic E-state index is 9.18. The molecule has 2 aromatic carbocycles. The van der Waals surface area contributed by atoms with E-state index in [1.807, 2.05) is 52.1 Å². The lowest BCUT2D eigenvalue weighted by Crippen LogP contribution is -2.13. The van der Waals surface area contributed by atoms with Gasteiger partial charge in [-0.2, -0.15) is 10.2 Å². The summed E-state index contributed by atoms with van der Waals surface area (Å²) in [6.07, 6.45) is 12.4. The maximum Gasteiger partial charge on any atom is 0.0664 e. The van der Waals surface area contributed by atoms with Crippen LogP contribution in [0.2, 0.25) is 20.1 Å². The summed E-state index contributed by atoms with van der Waals surface area (Å²) in [5.41, 5.74) is 7.01. The summed E-state index contributed by atoms with van der Waals surface area (Å²) in [5.74, 6) is 1.65. The van der Waals surface area contributed by atoms with Gasteiger partial charge in [-0.05, 0) is 111 Å². The molecule has 0 spiro atoms. The lowest BCUT2D eigenvalue weighted by atomic mass is 9.85. The van der Waals surface area contributed by atoms with Gasteiger partial charge in [-0.3, -0.25) is 0 Å². The number of alkyl halides is 1. The van der Waals surface area contributed by atoms with E-state index in [1.54, 1.807) is 6.07 Å². The molecule has 0 aliphatic heterocycles. The minimum Gasteiger partial charge on any atom is -0.396 e. The van der Waals surface area contributed by atoms with E-state index < -0.39 is 0 Å². The van der Waals surface area contributed by atoms with Crippen LogP contribution in [-0.4, -0.2) is 37.2 Å².